The number of nitrogens with zero attached hydrogens (tertiary/aromatic N) is 3. The van der Waals surface area contributed by atoms with E-state index in [0.717, 1.165) is 17.5 Å². The van der Waals surface area contributed by atoms with Gasteiger partial charge in [0.25, 0.3) is 5.91 Å². The van der Waals surface area contributed by atoms with E-state index in [1.807, 2.05) is 30.3 Å². The van der Waals surface area contributed by atoms with Crippen LogP contribution in [-0.4, -0.2) is 47.4 Å². The van der Waals surface area contributed by atoms with Crippen LogP contribution in [0.25, 0.3) is 11.4 Å². The fourth-order valence-corrected chi connectivity index (χ4v) is 5.58. The Bertz CT molecular complexity index is 1680. The van der Waals surface area contributed by atoms with E-state index in [2.05, 4.69) is 20.6 Å². The Balaban J connectivity index is 1.37. The molecule has 0 radical (unpaired) electrons. The Hall–Kier alpha value is -4.70. The minimum atomic E-state index is -0.572. The lowest BCUT2D eigenvalue weighted by Crippen LogP contribution is -2.24. The second-order valence-electron chi connectivity index (χ2n) is 10.0. The number of carbonyl (C=O) groups excluding carboxylic acids is 2. The van der Waals surface area contributed by atoms with Crippen molar-refractivity contribution in [3.8, 4) is 22.9 Å². The van der Waals surface area contributed by atoms with Crippen molar-refractivity contribution < 1.29 is 23.5 Å². The van der Waals surface area contributed by atoms with E-state index in [1.54, 1.807) is 37.3 Å². The highest BCUT2D eigenvalue weighted by Crippen LogP contribution is 2.36. The molecule has 3 heterocycles. The van der Waals surface area contributed by atoms with Crippen LogP contribution in [0.4, 0.5) is 15.9 Å². The van der Waals surface area contributed by atoms with E-state index in [1.165, 1.54) is 12.1 Å². The maximum Gasteiger partial charge on any atom is 0.260 e. The SMILES string of the molecule is COc1ccc(CN2Cc3nc(-c4c(F)cccc4Cl)nc(Nc4ccc(C5CCNC5=O)cc4)c3C2=O)c(OC)c1. The summed E-state index contributed by atoms with van der Waals surface area (Å²) in [6.45, 7) is 1.07. The van der Waals surface area contributed by atoms with Crippen molar-refractivity contribution in [1.82, 2.24) is 20.2 Å². The summed E-state index contributed by atoms with van der Waals surface area (Å²) in [5.41, 5.74) is 3.11. The van der Waals surface area contributed by atoms with Crippen molar-refractivity contribution in [2.24, 2.45) is 0 Å². The van der Waals surface area contributed by atoms with Crippen LogP contribution in [0.3, 0.4) is 0 Å². The fourth-order valence-electron chi connectivity index (χ4n) is 5.33. The van der Waals surface area contributed by atoms with Crippen molar-refractivity contribution in [2.75, 3.05) is 26.1 Å². The average molecular weight is 588 g/mol. The molecule has 2 amide bonds. The van der Waals surface area contributed by atoms with Crippen molar-refractivity contribution in [3.63, 3.8) is 0 Å². The number of carbonyl (C=O) groups is 2. The summed E-state index contributed by atoms with van der Waals surface area (Å²) in [5, 5.41) is 6.24. The van der Waals surface area contributed by atoms with Gasteiger partial charge in [0.2, 0.25) is 5.91 Å². The van der Waals surface area contributed by atoms with E-state index < -0.39 is 5.82 Å². The third kappa shape index (κ3) is 5.09. The van der Waals surface area contributed by atoms with Gasteiger partial charge in [-0.15, -0.1) is 0 Å². The van der Waals surface area contributed by atoms with Crippen LogP contribution >= 0.6 is 11.6 Å². The van der Waals surface area contributed by atoms with Gasteiger partial charge in [-0.3, -0.25) is 9.59 Å². The molecule has 2 N–H and O–H groups in total. The molecule has 3 aromatic carbocycles. The third-order valence-electron chi connectivity index (χ3n) is 7.49. The largest absolute Gasteiger partial charge is 0.497 e. The molecule has 42 heavy (non-hydrogen) atoms. The highest BCUT2D eigenvalue weighted by molar-refractivity contribution is 6.33. The number of hydrogen-bond donors (Lipinski definition) is 2. The van der Waals surface area contributed by atoms with E-state index in [-0.39, 0.29) is 58.6 Å². The maximum atomic E-state index is 14.9. The molecule has 1 aromatic heterocycles. The number of methoxy groups -OCH3 is 2. The normalized spacial score (nSPS) is 15.9. The third-order valence-corrected chi connectivity index (χ3v) is 7.81. The van der Waals surface area contributed by atoms with E-state index in [9.17, 15) is 14.0 Å². The number of amides is 2. The molecule has 9 nitrogen and oxygen atoms in total. The van der Waals surface area contributed by atoms with E-state index >= 15 is 0 Å². The second kappa shape index (κ2) is 11.3. The van der Waals surface area contributed by atoms with Gasteiger partial charge >= 0.3 is 0 Å². The number of benzene rings is 3. The van der Waals surface area contributed by atoms with Crippen LogP contribution < -0.4 is 20.1 Å². The topological polar surface area (TPSA) is 106 Å². The molecule has 0 bridgehead atoms. The Morgan fingerprint density at radius 3 is 2.55 bits per heavy atom. The Morgan fingerprint density at radius 1 is 1.05 bits per heavy atom. The molecule has 1 unspecified atom stereocenters. The first-order valence-corrected chi connectivity index (χ1v) is 13.7. The lowest BCUT2D eigenvalue weighted by Gasteiger charge is -2.18. The zero-order valence-electron chi connectivity index (χ0n) is 22.9. The molecule has 1 atom stereocenters. The molecule has 0 spiro atoms. The van der Waals surface area contributed by atoms with Gasteiger partial charge in [-0.25, -0.2) is 14.4 Å². The number of fused-ring (bicyclic) bond motifs is 1. The highest BCUT2D eigenvalue weighted by atomic mass is 35.5. The van der Waals surface area contributed by atoms with E-state index in [4.69, 9.17) is 21.1 Å². The van der Waals surface area contributed by atoms with Crippen LogP contribution in [0.1, 0.15) is 39.5 Å². The summed E-state index contributed by atoms with van der Waals surface area (Å²) >= 11 is 6.37. The van der Waals surface area contributed by atoms with Gasteiger partial charge in [-0.2, -0.15) is 0 Å². The molecule has 1 fully saturated rings. The van der Waals surface area contributed by atoms with Gasteiger partial charge < -0.3 is 25.0 Å². The van der Waals surface area contributed by atoms with Gasteiger partial charge in [0.05, 0.1) is 49.5 Å². The molecule has 0 aliphatic carbocycles. The molecule has 2 aliphatic heterocycles. The number of aromatic nitrogens is 2. The van der Waals surface area contributed by atoms with Crippen LogP contribution in [-0.2, 0) is 17.9 Å². The van der Waals surface area contributed by atoms with Gasteiger partial charge in [0, 0.05) is 23.9 Å². The Morgan fingerprint density at radius 2 is 1.86 bits per heavy atom. The zero-order valence-corrected chi connectivity index (χ0v) is 23.7. The van der Waals surface area contributed by atoms with Crippen LogP contribution in [0.15, 0.2) is 60.7 Å². The number of nitrogens with one attached hydrogen (secondary N) is 2. The van der Waals surface area contributed by atoms with Crippen molar-refractivity contribution in [3.05, 3.63) is 93.9 Å². The number of ether oxygens (including phenoxy) is 2. The van der Waals surface area contributed by atoms with Gasteiger partial charge in [-0.05, 0) is 48.4 Å². The van der Waals surface area contributed by atoms with Crippen molar-refractivity contribution >= 4 is 34.9 Å². The highest BCUT2D eigenvalue weighted by Gasteiger charge is 2.34. The fraction of sp³-hybridized carbons (Fsp3) is 0.226. The van der Waals surface area contributed by atoms with Crippen LogP contribution in [0.5, 0.6) is 11.5 Å². The minimum Gasteiger partial charge on any atom is -0.497 e. The first-order valence-electron chi connectivity index (χ1n) is 13.4. The first-order chi connectivity index (χ1) is 20.4. The first kappa shape index (κ1) is 27.5. The Kier molecular flexibility index (Phi) is 7.38. The second-order valence-corrected chi connectivity index (χ2v) is 10.4. The smallest absolute Gasteiger partial charge is 0.260 e. The molecular weight excluding hydrogens is 561 g/mol. The lowest BCUT2D eigenvalue weighted by atomic mass is 9.97. The summed E-state index contributed by atoms with van der Waals surface area (Å²) in [4.78, 5) is 36.7. The quantitative estimate of drug-likeness (QED) is 0.282. The van der Waals surface area contributed by atoms with Crippen LogP contribution in [0, 0.1) is 5.82 Å². The van der Waals surface area contributed by atoms with E-state index in [0.29, 0.717) is 29.4 Å². The summed E-state index contributed by atoms with van der Waals surface area (Å²) in [7, 11) is 3.13. The average Bonchev–Trinajstić information content (AvgIpc) is 3.56. The maximum absolute atomic E-state index is 14.9. The molecule has 0 saturated carbocycles. The molecule has 6 rings (SSSR count). The summed E-state index contributed by atoms with van der Waals surface area (Å²) in [6.07, 6.45) is 0.737. The lowest BCUT2D eigenvalue weighted by molar-refractivity contribution is -0.120. The number of rotatable bonds is 8. The Labute approximate surface area is 246 Å². The monoisotopic (exact) mass is 587 g/mol. The van der Waals surface area contributed by atoms with Gasteiger partial charge in [-0.1, -0.05) is 29.8 Å². The molecule has 214 valence electrons. The number of hydrogen-bond acceptors (Lipinski definition) is 7. The van der Waals surface area contributed by atoms with Gasteiger partial charge in [0.1, 0.15) is 28.7 Å². The molecule has 2 aliphatic rings. The predicted octanol–water partition coefficient (Wildman–Crippen LogP) is 5.46. The van der Waals surface area contributed by atoms with Crippen LogP contribution in [0.2, 0.25) is 5.02 Å². The zero-order chi connectivity index (χ0) is 29.4. The van der Waals surface area contributed by atoms with Gasteiger partial charge in [0.15, 0.2) is 5.82 Å². The molecule has 4 aromatic rings. The molecule has 11 heteroatoms. The number of halogens is 2. The number of anilines is 2. The summed E-state index contributed by atoms with van der Waals surface area (Å²) in [5.74, 6) is 0.474. The van der Waals surface area contributed by atoms with Crippen molar-refractivity contribution in [2.45, 2.75) is 25.4 Å². The van der Waals surface area contributed by atoms with Crippen molar-refractivity contribution in [1.29, 1.82) is 0 Å². The summed E-state index contributed by atoms with van der Waals surface area (Å²) < 4.78 is 25.8. The molecular formula is C31H27ClFN5O4. The standard InChI is InChI=1S/C31H27ClFN5O4/c1-41-20-11-8-18(25(14-20)42-2)15-38-16-24-27(31(38)40)29(37-28(36-24)26-22(32)4-3-5-23(26)33)35-19-9-6-17(7-10-19)21-12-13-34-30(21)39/h3-11,14,21H,12-13,15-16H2,1-2H3,(H,34,39)(H,35,36,37). The molecule has 1 saturated heterocycles. The predicted molar refractivity (Wildman–Crippen MR) is 156 cm³/mol. The summed E-state index contributed by atoms with van der Waals surface area (Å²) in [6, 6.07) is 17.2. The minimum absolute atomic E-state index is 0.00918.